The zero-order valence-corrected chi connectivity index (χ0v) is 11.9. The highest BCUT2D eigenvalue weighted by Gasteiger charge is 2.10. The smallest absolute Gasteiger partial charge is 0.158 e. The molecule has 4 nitrogen and oxygen atoms in total. The summed E-state index contributed by atoms with van der Waals surface area (Å²) in [5.74, 6) is 1.74. The Balaban J connectivity index is 2.27. The highest BCUT2D eigenvalue weighted by Crippen LogP contribution is 2.27. The van der Waals surface area contributed by atoms with E-state index in [1.165, 1.54) is 5.39 Å². The van der Waals surface area contributed by atoms with E-state index in [-0.39, 0.29) is 0 Å². The van der Waals surface area contributed by atoms with Crippen molar-refractivity contribution >= 4 is 10.8 Å². The third-order valence-electron chi connectivity index (χ3n) is 3.50. The molecule has 4 heteroatoms. The van der Waals surface area contributed by atoms with Crippen molar-refractivity contribution in [3.63, 3.8) is 0 Å². The van der Waals surface area contributed by atoms with Crippen molar-refractivity contribution in [3.8, 4) is 17.3 Å². The first-order chi connectivity index (χ1) is 9.72. The summed E-state index contributed by atoms with van der Waals surface area (Å²) in [6.07, 6.45) is 4.61. The van der Waals surface area contributed by atoms with Crippen LogP contribution < -0.4 is 4.74 Å². The second kappa shape index (κ2) is 4.96. The largest absolute Gasteiger partial charge is 0.497 e. The normalized spacial score (nSPS) is 10.9. The monoisotopic (exact) mass is 267 g/mol. The number of methoxy groups -OCH3 is 1. The molecule has 0 saturated carbocycles. The Bertz CT molecular complexity index is 762. The summed E-state index contributed by atoms with van der Waals surface area (Å²) in [5, 5.41) is 2.31. The molecule has 0 fully saturated rings. The second-order valence-electron chi connectivity index (χ2n) is 4.76. The molecule has 0 bridgehead atoms. The maximum atomic E-state index is 5.31. The zero-order valence-electron chi connectivity index (χ0n) is 11.9. The van der Waals surface area contributed by atoms with Crippen LogP contribution in [-0.4, -0.2) is 21.6 Å². The molecule has 0 aliphatic heterocycles. The van der Waals surface area contributed by atoms with Gasteiger partial charge in [-0.2, -0.15) is 0 Å². The van der Waals surface area contributed by atoms with Crippen LogP contribution in [0, 0.1) is 0 Å². The number of nitrogens with zero attached hydrogens (tertiary/aromatic N) is 3. The number of aryl methyl sites for hydroxylation is 2. The molecule has 0 atom stereocenters. The number of benzene rings is 1. The van der Waals surface area contributed by atoms with E-state index < -0.39 is 0 Å². The molecule has 0 saturated heterocycles. The molecule has 1 aromatic carbocycles. The van der Waals surface area contributed by atoms with Crippen LogP contribution in [0.25, 0.3) is 22.3 Å². The minimum Gasteiger partial charge on any atom is -0.497 e. The lowest BCUT2D eigenvalue weighted by molar-refractivity contribution is 0.415. The molecule has 0 spiro atoms. The number of imidazole rings is 1. The first-order valence-corrected chi connectivity index (χ1v) is 6.68. The molecule has 2 aromatic heterocycles. The van der Waals surface area contributed by atoms with Gasteiger partial charge in [0.25, 0.3) is 0 Å². The lowest BCUT2D eigenvalue weighted by Crippen LogP contribution is -1.98. The minimum absolute atomic E-state index is 0.858. The number of hydrogen-bond donors (Lipinski definition) is 0. The third-order valence-corrected chi connectivity index (χ3v) is 3.50. The summed E-state index contributed by atoms with van der Waals surface area (Å²) in [6, 6.07) is 8.16. The maximum absolute atomic E-state index is 5.31. The Kier molecular flexibility index (Phi) is 3.14. The van der Waals surface area contributed by atoms with Crippen LogP contribution in [0.3, 0.4) is 0 Å². The number of hydrogen-bond acceptors (Lipinski definition) is 3. The SMILES string of the molecule is CCc1nc(-c2nccn2C)cc2cc(OC)ccc12. The zero-order chi connectivity index (χ0) is 14.1. The van der Waals surface area contributed by atoms with Gasteiger partial charge in [-0.05, 0) is 36.1 Å². The standard InChI is InChI=1S/C16H17N3O/c1-4-14-13-6-5-12(20-3)9-11(13)10-15(18-14)16-17-7-8-19(16)2/h5-10H,4H2,1-3H3. The predicted octanol–water partition coefficient (Wildman–Crippen LogP) is 3.21. The van der Waals surface area contributed by atoms with E-state index in [2.05, 4.69) is 24.0 Å². The number of aromatic nitrogens is 3. The number of fused-ring (bicyclic) bond motifs is 1. The van der Waals surface area contributed by atoms with Crippen molar-refractivity contribution in [2.24, 2.45) is 7.05 Å². The summed E-state index contributed by atoms with van der Waals surface area (Å²) in [6.45, 7) is 2.12. The van der Waals surface area contributed by atoms with Crippen molar-refractivity contribution in [1.82, 2.24) is 14.5 Å². The van der Waals surface area contributed by atoms with Crippen molar-refractivity contribution in [3.05, 3.63) is 42.4 Å². The van der Waals surface area contributed by atoms with E-state index in [1.54, 1.807) is 13.3 Å². The van der Waals surface area contributed by atoms with Gasteiger partial charge in [0.15, 0.2) is 5.82 Å². The van der Waals surface area contributed by atoms with Crippen LogP contribution in [0.2, 0.25) is 0 Å². The topological polar surface area (TPSA) is 39.9 Å². The molecule has 3 rings (SSSR count). The first kappa shape index (κ1) is 12.7. The van der Waals surface area contributed by atoms with Gasteiger partial charge in [-0.15, -0.1) is 0 Å². The summed E-state index contributed by atoms with van der Waals surface area (Å²) in [4.78, 5) is 9.13. The number of pyridine rings is 1. The quantitative estimate of drug-likeness (QED) is 0.731. The summed E-state index contributed by atoms with van der Waals surface area (Å²) < 4.78 is 7.29. The number of ether oxygens (including phenoxy) is 1. The Morgan fingerprint density at radius 2 is 2.10 bits per heavy atom. The molecule has 0 aliphatic carbocycles. The van der Waals surface area contributed by atoms with Gasteiger partial charge in [-0.3, -0.25) is 0 Å². The lowest BCUT2D eigenvalue weighted by Gasteiger charge is -2.09. The molecule has 102 valence electrons. The van der Waals surface area contributed by atoms with Gasteiger partial charge < -0.3 is 9.30 Å². The van der Waals surface area contributed by atoms with Crippen molar-refractivity contribution in [2.75, 3.05) is 7.11 Å². The van der Waals surface area contributed by atoms with Crippen LogP contribution in [0.5, 0.6) is 5.75 Å². The van der Waals surface area contributed by atoms with Gasteiger partial charge in [-0.1, -0.05) is 6.92 Å². The molecule has 2 heterocycles. The van der Waals surface area contributed by atoms with Crippen LogP contribution in [-0.2, 0) is 13.5 Å². The lowest BCUT2D eigenvalue weighted by atomic mass is 10.1. The fourth-order valence-corrected chi connectivity index (χ4v) is 2.43. The van der Waals surface area contributed by atoms with Crippen LogP contribution >= 0.6 is 0 Å². The molecular formula is C16H17N3O. The molecule has 0 unspecified atom stereocenters. The van der Waals surface area contributed by atoms with Crippen LogP contribution in [0.15, 0.2) is 36.7 Å². The number of rotatable bonds is 3. The Morgan fingerprint density at radius 3 is 2.75 bits per heavy atom. The van der Waals surface area contributed by atoms with Crippen molar-refractivity contribution < 1.29 is 4.74 Å². The van der Waals surface area contributed by atoms with Crippen LogP contribution in [0.4, 0.5) is 0 Å². The fraction of sp³-hybridized carbons (Fsp3) is 0.250. The highest BCUT2D eigenvalue weighted by atomic mass is 16.5. The predicted molar refractivity (Wildman–Crippen MR) is 79.9 cm³/mol. The van der Waals surface area contributed by atoms with E-state index >= 15 is 0 Å². The molecule has 20 heavy (non-hydrogen) atoms. The molecule has 0 radical (unpaired) electrons. The summed E-state index contributed by atoms with van der Waals surface area (Å²) in [7, 11) is 3.66. The van der Waals surface area contributed by atoms with E-state index in [9.17, 15) is 0 Å². The molecule has 0 amide bonds. The van der Waals surface area contributed by atoms with Gasteiger partial charge in [0.1, 0.15) is 11.4 Å². The van der Waals surface area contributed by atoms with E-state index in [4.69, 9.17) is 9.72 Å². The van der Waals surface area contributed by atoms with Gasteiger partial charge in [0.2, 0.25) is 0 Å². The third kappa shape index (κ3) is 2.03. The maximum Gasteiger partial charge on any atom is 0.158 e. The fourth-order valence-electron chi connectivity index (χ4n) is 2.43. The summed E-state index contributed by atoms with van der Waals surface area (Å²) >= 11 is 0. The van der Waals surface area contributed by atoms with Crippen molar-refractivity contribution in [1.29, 1.82) is 0 Å². The van der Waals surface area contributed by atoms with Gasteiger partial charge in [-0.25, -0.2) is 9.97 Å². The van der Waals surface area contributed by atoms with Crippen molar-refractivity contribution in [2.45, 2.75) is 13.3 Å². The average Bonchev–Trinajstić information content (AvgIpc) is 2.91. The Morgan fingerprint density at radius 1 is 1.25 bits per heavy atom. The highest BCUT2D eigenvalue weighted by molar-refractivity contribution is 5.88. The van der Waals surface area contributed by atoms with Gasteiger partial charge in [0.05, 0.1) is 7.11 Å². The minimum atomic E-state index is 0.858. The van der Waals surface area contributed by atoms with E-state index in [0.717, 1.165) is 34.8 Å². The van der Waals surface area contributed by atoms with E-state index in [1.807, 2.05) is 29.9 Å². The average molecular weight is 267 g/mol. The molecular weight excluding hydrogens is 250 g/mol. The van der Waals surface area contributed by atoms with Gasteiger partial charge >= 0.3 is 0 Å². The molecule has 3 aromatic rings. The van der Waals surface area contributed by atoms with Crippen LogP contribution in [0.1, 0.15) is 12.6 Å². The Labute approximate surface area is 118 Å². The molecule has 0 aliphatic rings. The second-order valence-corrected chi connectivity index (χ2v) is 4.76. The van der Waals surface area contributed by atoms with E-state index in [0.29, 0.717) is 0 Å². The summed E-state index contributed by atoms with van der Waals surface area (Å²) in [5.41, 5.74) is 1.98. The van der Waals surface area contributed by atoms with Gasteiger partial charge in [0, 0.05) is 30.5 Å². The first-order valence-electron chi connectivity index (χ1n) is 6.68. The molecule has 0 N–H and O–H groups in total. The Hall–Kier alpha value is -2.36.